The van der Waals surface area contributed by atoms with Crippen LogP contribution in [0.4, 0.5) is 11.4 Å². The van der Waals surface area contributed by atoms with Crippen LogP contribution in [0.15, 0.2) is 77.2 Å². The van der Waals surface area contributed by atoms with Gasteiger partial charge in [-0.15, -0.1) is 0 Å². The monoisotopic (exact) mass is 338 g/mol. The van der Waals surface area contributed by atoms with E-state index in [4.69, 9.17) is 4.99 Å². The van der Waals surface area contributed by atoms with E-state index >= 15 is 0 Å². The van der Waals surface area contributed by atoms with Crippen molar-refractivity contribution in [3.63, 3.8) is 0 Å². The van der Waals surface area contributed by atoms with Gasteiger partial charge < -0.3 is 0 Å². The summed E-state index contributed by atoms with van der Waals surface area (Å²) in [6.45, 7) is 3.49. The van der Waals surface area contributed by atoms with Crippen LogP contribution in [0.2, 0.25) is 0 Å². The van der Waals surface area contributed by atoms with Crippen molar-refractivity contribution in [2.24, 2.45) is 9.98 Å². The standard InChI is InChI=1S/C23H18N2O/c1-2-24-19-12-13-22-20(15-19)23(26)9-5-8-21(25-22)18-11-10-16-6-3-4-7-17(16)14-18/h3-4,6-7,10-15H,1,5,8-9H2. The van der Waals surface area contributed by atoms with Crippen molar-refractivity contribution < 1.29 is 4.79 Å². The van der Waals surface area contributed by atoms with E-state index in [9.17, 15) is 4.79 Å². The summed E-state index contributed by atoms with van der Waals surface area (Å²) in [7, 11) is 0. The summed E-state index contributed by atoms with van der Waals surface area (Å²) in [6, 6.07) is 20.2. The molecule has 0 radical (unpaired) electrons. The minimum atomic E-state index is 0.113. The second kappa shape index (κ2) is 6.91. The Hall–Kier alpha value is -3.29. The second-order valence-electron chi connectivity index (χ2n) is 6.37. The number of nitrogens with zero attached hydrogens (tertiary/aromatic N) is 2. The molecule has 1 aliphatic heterocycles. The Morgan fingerprint density at radius 2 is 1.81 bits per heavy atom. The molecule has 0 atom stereocenters. The quantitative estimate of drug-likeness (QED) is 0.543. The molecule has 0 unspecified atom stereocenters. The lowest BCUT2D eigenvalue weighted by Crippen LogP contribution is -2.08. The number of hydrogen-bond acceptors (Lipinski definition) is 3. The van der Waals surface area contributed by atoms with Crippen LogP contribution in [0.3, 0.4) is 0 Å². The molecule has 0 bridgehead atoms. The summed E-state index contributed by atoms with van der Waals surface area (Å²) in [5, 5.41) is 2.41. The molecule has 1 aliphatic rings. The van der Waals surface area contributed by atoms with Crippen molar-refractivity contribution in [1.29, 1.82) is 0 Å². The molecular formula is C23H18N2O. The summed E-state index contributed by atoms with van der Waals surface area (Å²) in [5.74, 6) is 2.63. The first kappa shape index (κ1) is 16.2. The van der Waals surface area contributed by atoms with Gasteiger partial charge >= 0.3 is 0 Å². The lowest BCUT2D eigenvalue weighted by Gasteiger charge is -2.14. The first-order valence-corrected chi connectivity index (χ1v) is 8.71. The number of rotatable bonds is 2. The molecule has 26 heavy (non-hydrogen) atoms. The van der Waals surface area contributed by atoms with Crippen LogP contribution >= 0.6 is 0 Å². The number of carbonyl (C=O) groups excluding carboxylic acids is 1. The van der Waals surface area contributed by atoms with Crippen molar-refractivity contribution in [3.05, 3.63) is 78.4 Å². The number of fused-ring (bicyclic) bond motifs is 2. The van der Waals surface area contributed by atoms with Crippen molar-refractivity contribution in [1.82, 2.24) is 0 Å². The van der Waals surface area contributed by atoms with Gasteiger partial charge in [0.25, 0.3) is 0 Å². The summed E-state index contributed by atoms with van der Waals surface area (Å²) in [5.41, 5.74) is 4.14. The van der Waals surface area contributed by atoms with Gasteiger partial charge in [-0.25, -0.2) is 4.99 Å². The molecular weight excluding hydrogens is 320 g/mol. The van der Waals surface area contributed by atoms with E-state index in [1.54, 1.807) is 6.07 Å². The molecule has 0 spiro atoms. The van der Waals surface area contributed by atoms with Gasteiger partial charge in [-0.3, -0.25) is 9.79 Å². The van der Waals surface area contributed by atoms with Crippen LogP contribution in [0.5, 0.6) is 0 Å². The molecule has 126 valence electrons. The van der Waals surface area contributed by atoms with E-state index in [0.717, 1.165) is 24.1 Å². The fourth-order valence-electron chi connectivity index (χ4n) is 3.34. The predicted octanol–water partition coefficient (Wildman–Crippen LogP) is 5.81. The smallest absolute Gasteiger partial charge is 0.165 e. The van der Waals surface area contributed by atoms with Gasteiger partial charge in [0.05, 0.1) is 11.4 Å². The number of carbonyl (C=O) groups is 1. The first-order chi connectivity index (χ1) is 12.7. The Labute approximate surface area is 152 Å². The van der Waals surface area contributed by atoms with E-state index in [2.05, 4.69) is 47.8 Å². The average molecular weight is 338 g/mol. The van der Waals surface area contributed by atoms with E-state index in [1.807, 2.05) is 24.3 Å². The number of Topliss-reactive ketones (excluding diaryl/α,β-unsaturated/α-hetero) is 1. The van der Waals surface area contributed by atoms with Crippen LogP contribution in [-0.4, -0.2) is 17.4 Å². The van der Waals surface area contributed by atoms with Crippen LogP contribution in [0, 0.1) is 0 Å². The summed E-state index contributed by atoms with van der Waals surface area (Å²) < 4.78 is 0. The Morgan fingerprint density at radius 1 is 0.962 bits per heavy atom. The highest BCUT2D eigenvalue weighted by Crippen LogP contribution is 2.30. The minimum absolute atomic E-state index is 0.113. The third kappa shape index (κ3) is 3.13. The summed E-state index contributed by atoms with van der Waals surface area (Å²) >= 11 is 0. The number of hydrogen-bond donors (Lipinski definition) is 0. The van der Waals surface area contributed by atoms with Gasteiger partial charge in [0.1, 0.15) is 0 Å². The highest BCUT2D eigenvalue weighted by Gasteiger charge is 2.17. The zero-order valence-electron chi connectivity index (χ0n) is 14.4. The molecule has 0 aliphatic carbocycles. The number of benzene rings is 3. The zero-order chi connectivity index (χ0) is 17.9. The Balaban J connectivity index is 1.83. The van der Waals surface area contributed by atoms with Crippen LogP contribution in [0.1, 0.15) is 35.2 Å². The number of ketones is 1. The normalized spacial score (nSPS) is 14.0. The third-order valence-corrected chi connectivity index (χ3v) is 4.64. The SMILES string of the molecule is C=C=Nc1ccc2c(c1)C(=O)CCCC(c1ccc3ccccc3c1)=N2. The van der Waals surface area contributed by atoms with Gasteiger partial charge in [-0.05, 0) is 65.9 Å². The van der Waals surface area contributed by atoms with Gasteiger partial charge in [0.15, 0.2) is 5.78 Å². The fraction of sp³-hybridized carbons (Fsp3) is 0.130. The van der Waals surface area contributed by atoms with E-state index in [1.165, 1.54) is 10.8 Å². The van der Waals surface area contributed by atoms with Gasteiger partial charge in [0, 0.05) is 17.7 Å². The molecule has 1 heterocycles. The van der Waals surface area contributed by atoms with Crippen molar-refractivity contribution >= 4 is 39.5 Å². The maximum atomic E-state index is 12.5. The molecule has 3 aromatic rings. The van der Waals surface area contributed by atoms with Gasteiger partial charge in [-0.2, -0.15) is 0 Å². The topological polar surface area (TPSA) is 41.8 Å². The first-order valence-electron chi connectivity index (χ1n) is 8.71. The van der Waals surface area contributed by atoms with Crippen LogP contribution in [-0.2, 0) is 0 Å². The largest absolute Gasteiger partial charge is 0.294 e. The third-order valence-electron chi connectivity index (χ3n) is 4.64. The van der Waals surface area contributed by atoms with Crippen LogP contribution in [0.25, 0.3) is 10.8 Å². The maximum Gasteiger partial charge on any atom is 0.165 e. The van der Waals surface area contributed by atoms with E-state index in [-0.39, 0.29) is 5.78 Å². The Morgan fingerprint density at radius 3 is 2.65 bits per heavy atom. The Kier molecular flexibility index (Phi) is 4.30. The molecule has 0 fully saturated rings. The lowest BCUT2D eigenvalue weighted by molar-refractivity contribution is 0.0981. The molecule has 0 saturated carbocycles. The zero-order valence-corrected chi connectivity index (χ0v) is 14.4. The van der Waals surface area contributed by atoms with Crippen molar-refractivity contribution in [2.75, 3.05) is 0 Å². The minimum Gasteiger partial charge on any atom is -0.294 e. The summed E-state index contributed by atoms with van der Waals surface area (Å²) in [4.78, 5) is 21.4. The van der Waals surface area contributed by atoms with Gasteiger partial charge in [0.2, 0.25) is 0 Å². The molecule has 0 saturated heterocycles. The molecule has 0 amide bonds. The Bertz CT molecular complexity index is 1090. The van der Waals surface area contributed by atoms with Crippen LogP contribution < -0.4 is 0 Å². The molecule has 3 nitrogen and oxygen atoms in total. The van der Waals surface area contributed by atoms with Crippen molar-refractivity contribution in [3.8, 4) is 0 Å². The number of aliphatic imine (C=N–C) groups is 2. The summed E-state index contributed by atoms with van der Waals surface area (Å²) in [6.07, 6.45) is 2.09. The molecule has 3 heteroatoms. The predicted molar refractivity (Wildman–Crippen MR) is 107 cm³/mol. The fourth-order valence-corrected chi connectivity index (χ4v) is 3.34. The maximum absolute atomic E-state index is 12.5. The second-order valence-corrected chi connectivity index (χ2v) is 6.37. The van der Waals surface area contributed by atoms with E-state index < -0.39 is 0 Å². The highest BCUT2D eigenvalue weighted by molar-refractivity contribution is 6.08. The van der Waals surface area contributed by atoms with E-state index in [0.29, 0.717) is 23.4 Å². The van der Waals surface area contributed by atoms with Crippen molar-refractivity contribution in [2.45, 2.75) is 19.3 Å². The molecule has 0 aromatic heterocycles. The molecule has 0 N–H and O–H groups in total. The molecule has 4 rings (SSSR count). The van der Waals surface area contributed by atoms with Gasteiger partial charge in [-0.1, -0.05) is 36.4 Å². The molecule has 3 aromatic carbocycles. The average Bonchev–Trinajstić information content (AvgIpc) is 2.66. The highest BCUT2D eigenvalue weighted by atomic mass is 16.1. The lowest BCUT2D eigenvalue weighted by atomic mass is 9.96.